The van der Waals surface area contributed by atoms with E-state index in [-0.39, 0.29) is 0 Å². The lowest BCUT2D eigenvalue weighted by molar-refractivity contribution is 0.669. The molecule has 5 heteroatoms. The van der Waals surface area contributed by atoms with Gasteiger partial charge in [-0.2, -0.15) is 0 Å². The summed E-state index contributed by atoms with van der Waals surface area (Å²) in [5.74, 6) is 0.902. The standard InChI is InChI=1S/C21H12BrN3O/c22-13-5-7-19-15(11-13)16-12-14(6-8-20(16)26-19)25-18-4-2-1-3-17(18)24-10-9-23-21(24)25/h1-12H. The molecular weight excluding hydrogens is 390 g/mol. The van der Waals surface area contributed by atoms with Crippen molar-refractivity contribution in [1.82, 2.24) is 14.0 Å². The minimum atomic E-state index is 0.887. The van der Waals surface area contributed by atoms with E-state index in [2.05, 4.69) is 72.3 Å². The molecule has 0 radical (unpaired) electrons. The first kappa shape index (κ1) is 14.2. The van der Waals surface area contributed by atoms with Crippen LogP contribution in [0.5, 0.6) is 0 Å². The summed E-state index contributed by atoms with van der Waals surface area (Å²) in [6, 6.07) is 20.7. The molecule has 0 N–H and O–H groups in total. The third kappa shape index (κ3) is 1.81. The number of furan rings is 1. The first-order chi connectivity index (χ1) is 12.8. The average molecular weight is 402 g/mol. The fourth-order valence-corrected chi connectivity index (χ4v) is 4.11. The third-order valence-corrected chi connectivity index (χ3v) is 5.37. The molecule has 0 aliphatic rings. The molecule has 0 aliphatic carbocycles. The molecule has 26 heavy (non-hydrogen) atoms. The topological polar surface area (TPSA) is 35.4 Å². The highest BCUT2D eigenvalue weighted by molar-refractivity contribution is 9.10. The Balaban J connectivity index is 1.74. The molecule has 0 saturated carbocycles. The molecule has 3 heterocycles. The Morgan fingerprint density at radius 3 is 2.50 bits per heavy atom. The zero-order valence-electron chi connectivity index (χ0n) is 13.6. The largest absolute Gasteiger partial charge is 0.456 e. The predicted octanol–water partition coefficient (Wildman–Crippen LogP) is 5.94. The van der Waals surface area contributed by atoms with E-state index in [9.17, 15) is 0 Å². The van der Waals surface area contributed by atoms with Crippen LogP contribution >= 0.6 is 15.9 Å². The minimum absolute atomic E-state index is 0.887. The van der Waals surface area contributed by atoms with Gasteiger partial charge in [-0.25, -0.2) is 4.98 Å². The van der Waals surface area contributed by atoms with Crippen molar-refractivity contribution in [3.8, 4) is 5.69 Å². The molecule has 0 saturated heterocycles. The van der Waals surface area contributed by atoms with Gasteiger partial charge in [0.15, 0.2) is 0 Å². The second-order valence-electron chi connectivity index (χ2n) is 6.34. The van der Waals surface area contributed by atoms with Crippen LogP contribution in [0.1, 0.15) is 0 Å². The van der Waals surface area contributed by atoms with Gasteiger partial charge < -0.3 is 4.42 Å². The van der Waals surface area contributed by atoms with E-state index in [0.29, 0.717) is 0 Å². The molecule has 0 spiro atoms. The molecule has 4 nitrogen and oxygen atoms in total. The molecule has 0 unspecified atom stereocenters. The third-order valence-electron chi connectivity index (χ3n) is 4.88. The van der Waals surface area contributed by atoms with Crippen molar-refractivity contribution in [2.24, 2.45) is 0 Å². The number of rotatable bonds is 1. The van der Waals surface area contributed by atoms with Crippen molar-refractivity contribution >= 4 is 54.7 Å². The summed E-state index contributed by atoms with van der Waals surface area (Å²) in [6.07, 6.45) is 3.83. The van der Waals surface area contributed by atoms with E-state index in [1.165, 1.54) is 0 Å². The number of benzene rings is 3. The van der Waals surface area contributed by atoms with Gasteiger partial charge in [0.05, 0.1) is 16.7 Å². The molecule has 3 aromatic heterocycles. The fourth-order valence-electron chi connectivity index (χ4n) is 3.74. The Kier molecular flexibility index (Phi) is 2.72. The molecule has 0 bridgehead atoms. The van der Waals surface area contributed by atoms with Gasteiger partial charge >= 0.3 is 0 Å². The van der Waals surface area contributed by atoms with Crippen molar-refractivity contribution in [2.45, 2.75) is 0 Å². The van der Waals surface area contributed by atoms with E-state index in [4.69, 9.17) is 4.42 Å². The number of halogens is 1. The second kappa shape index (κ2) is 4.99. The molecule has 6 aromatic rings. The molecule has 0 aliphatic heterocycles. The summed E-state index contributed by atoms with van der Waals surface area (Å²) < 4.78 is 11.3. The quantitative estimate of drug-likeness (QED) is 0.341. The van der Waals surface area contributed by atoms with Crippen molar-refractivity contribution in [1.29, 1.82) is 0 Å². The van der Waals surface area contributed by atoms with Crippen molar-refractivity contribution in [3.05, 3.63) is 77.5 Å². The predicted molar refractivity (Wildman–Crippen MR) is 107 cm³/mol. The SMILES string of the molecule is Brc1ccc2oc3ccc(-n4c5ccccc5n5ccnc45)cc3c2c1. The summed E-state index contributed by atoms with van der Waals surface area (Å²) in [6.45, 7) is 0. The van der Waals surface area contributed by atoms with Crippen molar-refractivity contribution in [2.75, 3.05) is 0 Å². The molecule has 0 atom stereocenters. The Morgan fingerprint density at radius 2 is 1.62 bits per heavy atom. The summed E-state index contributed by atoms with van der Waals surface area (Å²) in [5.41, 5.74) is 5.11. The van der Waals surface area contributed by atoms with Crippen molar-refractivity contribution in [3.63, 3.8) is 0 Å². The first-order valence-corrected chi connectivity index (χ1v) is 9.14. The Hall–Kier alpha value is -3.05. The lowest BCUT2D eigenvalue weighted by Gasteiger charge is -2.05. The summed E-state index contributed by atoms with van der Waals surface area (Å²) >= 11 is 3.56. The highest BCUT2D eigenvalue weighted by atomic mass is 79.9. The number of imidazole rings is 2. The summed E-state index contributed by atoms with van der Waals surface area (Å²) in [5, 5.41) is 2.20. The Bertz CT molecular complexity index is 1450. The van der Waals surface area contributed by atoms with Gasteiger partial charge in [0.25, 0.3) is 0 Å². The highest BCUT2D eigenvalue weighted by Crippen LogP contribution is 2.33. The Morgan fingerprint density at radius 1 is 0.846 bits per heavy atom. The van der Waals surface area contributed by atoms with Crippen LogP contribution in [0.3, 0.4) is 0 Å². The molecular formula is C21H12BrN3O. The Labute approximate surface area is 156 Å². The lowest BCUT2D eigenvalue weighted by Crippen LogP contribution is -1.94. The summed E-state index contributed by atoms with van der Waals surface area (Å²) in [7, 11) is 0. The van der Waals surface area contributed by atoms with Crippen LogP contribution in [-0.4, -0.2) is 14.0 Å². The first-order valence-electron chi connectivity index (χ1n) is 8.34. The maximum Gasteiger partial charge on any atom is 0.219 e. The maximum atomic E-state index is 5.99. The molecule has 0 fully saturated rings. The fraction of sp³-hybridized carbons (Fsp3) is 0. The number of fused-ring (bicyclic) bond motifs is 6. The average Bonchev–Trinajstić information content (AvgIpc) is 3.33. The van der Waals surface area contributed by atoms with E-state index in [1.54, 1.807) is 0 Å². The molecule has 0 amide bonds. The van der Waals surface area contributed by atoms with Crippen LogP contribution in [0.4, 0.5) is 0 Å². The highest BCUT2D eigenvalue weighted by Gasteiger charge is 2.14. The van der Waals surface area contributed by atoms with Gasteiger partial charge in [-0.1, -0.05) is 28.1 Å². The van der Waals surface area contributed by atoms with E-state index < -0.39 is 0 Å². The van der Waals surface area contributed by atoms with Crippen LogP contribution in [-0.2, 0) is 0 Å². The lowest BCUT2D eigenvalue weighted by atomic mass is 10.1. The normalized spacial score (nSPS) is 12.0. The number of hydrogen-bond donors (Lipinski definition) is 0. The number of nitrogens with zero attached hydrogens (tertiary/aromatic N) is 3. The zero-order valence-corrected chi connectivity index (χ0v) is 15.1. The number of para-hydroxylation sites is 2. The molecule has 3 aromatic carbocycles. The van der Waals surface area contributed by atoms with Gasteiger partial charge in [-0.15, -0.1) is 0 Å². The van der Waals surface area contributed by atoms with Gasteiger partial charge in [-0.05, 0) is 48.5 Å². The van der Waals surface area contributed by atoms with Crippen LogP contribution in [0.2, 0.25) is 0 Å². The number of aromatic nitrogens is 3. The van der Waals surface area contributed by atoms with Crippen LogP contribution in [0, 0.1) is 0 Å². The smallest absolute Gasteiger partial charge is 0.219 e. The zero-order chi connectivity index (χ0) is 17.3. The van der Waals surface area contributed by atoms with Gasteiger partial charge in [0.2, 0.25) is 5.78 Å². The maximum absolute atomic E-state index is 5.99. The summed E-state index contributed by atoms with van der Waals surface area (Å²) in [4.78, 5) is 4.57. The van der Waals surface area contributed by atoms with Crippen LogP contribution in [0.25, 0.3) is 44.4 Å². The minimum Gasteiger partial charge on any atom is -0.456 e. The molecule has 124 valence electrons. The van der Waals surface area contributed by atoms with Gasteiger partial charge in [0.1, 0.15) is 11.2 Å². The number of hydrogen-bond acceptors (Lipinski definition) is 2. The van der Waals surface area contributed by atoms with Gasteiger partial charge in [0, 0.05) is 27.6 Å². The van der Waals surface area contributed by atoms with Gasteiger partial charge in [-0.3, -0.25) is 8.97 Å². The van der Waals surface area contributed by atoms with E-state index in [0.717, 1.165) is 48.9 Å². The molecule has 6 rings (SSSR count). The second-order valence-corrected chi connectivity index (χ2v) is 7.26. The van der Waals surface area contributed by atoms with Crippen LogP contribution < -0.4 is 0 Å². The van der Waals surface area contributed by atoms with Crippen LogP contribution in [0.15, 0.2) is 81.9 Å². The van der Waals surface area contributed by atoms with Crippen molar-refractivity contribution < 1.29 is 4.42 Å². The van der Waals surface area contributed by atoms with E-state index in [1.807, 2.05) is 30.6 Å². The van der Waals surface area contributed by atoms with E-state index >= 15 is 0 Å². The monoisotopic (exact) mass is 401 g/mol.